The Morgan fingerprint density at radius 1 is 1.14 bits per heavy atom. The molecule has 0 atom stereocenters. The lowest BCUT2D eigenvalue weighted by atomic mass is 10.1. The molecular weight excluding hydrogens is 288 g/mol. The topological polar surface area (TPSA) is 50.4 Å². The summed E-state index contributed by atoms with van der Waals surface area (Å²) in [7, 11) is 1.91. The molecule has 0 unspecified atom stereocenters. The van der Waals surface area contributed by atoms with Gasteiger partial charge in [0.25, 0.3) is 0 Å². The lowest BCUT2D eigenvalue weighted by Crippen LogP contribution is -2.26. The highest BCUT2D eigenvalue weighted by molar-refractivity contribution is 5.85. The van der Waals surface area contributed by atoms with Gasteiger partial charge in [0.2, 0.25) is 5.91 Å². The van der Waals surface area contributed by atoms with Gasteiger partial charge in [0, 0.05) is 13.0 Å². The molecule has 2 N–H and O–H groups in total. The van der Waals surface area contributed by atoms with Gasteiger partial charge in [0.15, 0.2) is 0 Å². The van der Waals surface area contributed by atoms with Crippen molar-refractivity contribution in [3.05, 3.63) is 29.3 Å². The third-order valence-electron chi connectivity index (χ3n) is 3.22. The Morgan fingerprint density at radius 3 is 2.57 bits per heavy atom. The minimum atomic E-state index is 0. The number of rotatable bonds is 9. The summed E-state index contributed by atoms with van der Waals surface area (Å²) in [6, 6.07) is 6.06. The van der Waals surface area contributed by atoms with E-state index in [2.05, 4.69) is 30.5 Å². The Balaban J connectivity index is 0.00000400. The zero-order valence-corrected chi connectivity index (χ0v) is 14.0. The van der Waals surface area contributed by atoms with Crippen LogP contribution in [-0.4, -0.2) is 32.7 Å². The van der Waals surface area contributed by atoms with Crippen molar-refractivity contribution in [3.63, 3.8) is 0 Å². The summed E-state index contributed by atoms with van der Waals surface area (Å²) < 4.78 is 5.65. The predicted octanol–water partition coefficient (Wildman–Crippen LogP) is 2.61. The zero-order chi connectivity index (χ0) is 14.8. The molecule has 0 fully saturated rings. The third-order valence-corrected chi connectivity index (χ3v) is 3.22. The van der Waals surface area contributed by atoms with E-state index in [0.717, 1.165) is 31.7 Å². The van der Waals surface area contributed by atoms with E-state index in [1.165, 1.54) is 11.1 Å². The van der Waals surface area contributed by atoms with Gasteiger partial charge >= 0.3 is 0 Å². The Kier molecular flexibility index (Phi) is 10.7. The van der Waals surface area contributed by atoms with E-state index in [4.69, 9.17) is 4.74 Å². The molecule has 21 heavy (non-hydrogen) atoms. The lowest BCUT2D eigenvalue weighted by Gasteiger charge is -2.08. The van der Waals surface area contributed by atoms with Gasteiger partial charge in [-0.2, -0.15) is 0 Å². The monoisotopic (exact) mass is 314 g/mol. The number of nitrogens with one attached hydrogen (secondary N) is 2. The second-order valence-corrected chi connectivity index (χ2v) is 5.01. The number of aryl methyl sites for hydroxylation is 2. The van der Waals surface area contributed by atoms with E-state index in [9.17, 15) is 4.79 Å². The van der Waals surface area contributed by atoms with Crippen molar-refractivity contribution in [1.29, 1.82) is 0 Å². The highest BCUT2D eigenvalue weighted by Gasteiger charge is 2.01. The van der Waals surface area contributed by atoms with Crippen LogP contribution in [0.25, 0.3) is 0 Å². The number of halogens is 1. The minimum Gasteiger partial charge on any atom is -0.494 e. The number of amides is 1. The van der Waals surface area contributed by atoms with Crippen LogP contribution in [0.2, 0.25) is 0 Å². The van der Waals surface area contributed by atoms with Crippen molar-refractivity contribution in [3.8, 4) is 5.75 Å². The standard InChI is InChI=1S/C16H26N2O2.ClH/c1-13-7-8-15(12-14(13)2)20-11-4-6-16(19)18-10-5-9-17-3;/h7-8,12,17H,4-6,9-11H2,1-3H3,(H,18,19);1H. The quantitative estimate of drug-likeness (QED) is 0.689. The van der Waals surface area contributed by atoms with Gasteiger partial charge in [-0.25, -0.2) is 0 Å². The van der Waals surface area contributed by atoms with Crippen LogP contribution in [0, 0.1) is 13.8 Å². The first-order valence-corrected chi connectivity index (χ1v) is 7.25. The van der Waals surface area contributed by atoms with Crippen LogP contribution in [0.3, 0.4) is 0 Å². The van der Waals surface area contributed by atoms with Crippen LogP contribution in [-0.2, 0) is 4.79 Å². The molecule has 0 aliphatic carbocycles. The molecule has 0 saturated carbocycles. The third kappa shape index (κ3) is 8.58. The summed E-state index contributed by atoms with van der Waals surface area (Å²) in [6.45, 7) is 6.39. The smallest absolute Gasteiger partial charge is 0.220 e. The first-order chi connectivity index (χ1) is 9.63. The molecule has 0 spiro atoms. The molecule has 5 heteroatoms. The molecule has 0 radical (unpaired) electrons. The first kappa shape index (κ1) is 19.7. The molecular formula is C16H27ClN2O2. The van der Waals surface area contributed by atoms with Gasteiger partial charge in [-0.05, 0) is 63.5 Å². The van der Waals surface area contributed by atoms with Crippen molar-refractivity contribution in [1.82, 2.24) is 10.6 Å². The lowest BCUT2D eigenvalue weighted by molar-refractivity contribution is -0.121. The van der Waals surface area contributed by atoms with Crippen molar-refractivity contribution in [2.45, 2.75) is 33.1 Å². The van der Waals surface area contributed by atoms with Gasteiger partial charge < -0.3 is 15.4 Å². The molecule has 1 rings (SSSR count). The highest BCUT2D eigenvalue weighted by atomic mass is 35.5. The second-order valence-electron chi connectivity index (χ2n) is 5.01. The van der Waals surface area contributed by atoms with Crippen molar-refractivity contribution in [2.75, 3.05) is 26.7 Å². The van der Waals surface area contributed by atoms with E-state index in [-0.39, 0.29) is 18.3 Å². The maximum absolute atomic E-state index is 11.5. The summed E-state index contributed by atoms with van der Waals surface area (Å²) in [5.41, 5.74) is 2.49. The van der Waals surface area contributed by atoms with E-state index >= 15 is 0 Å². The summed E-state index contributed by atoms with van der Waals surface area (Å²) >= 11 is 0. The van der Waals surface area contributed by atoms with Crippen molar-refractivity contribution < 1.29 is 9.53 Å². The average molecular weight is 315 g/mol. The first-order valence-electron chi connectivity index (χ1n) is 7.25. The van der Waals surface area contributed by atoms with Gasteiger partial charge in [0.05, 0.1) is 6.61 Å². The Morgan fingerprint density at radius 2 is 1.90 bits per heavy atom. The Bertz CT molecular complexity index is 425. The maximum atomic E-state index is 11.5. The molecule has 1 aromatic rings. The predicted molar refractivity (Wildman–Crippen MR) is 89.4 cm³/mol. The normalized spacial score (nSPS) is 9.86. The fourth-order valence-corrected chi connectivity index (χ4v) is 1.81. The Hall–Kier alpha value is -1.26. The van der Waals surface area contributed by atoms with Crippen molar-refractivity contribution in [2.24, 2.45) is 0 Å². The summed E-state index contributed by atoms with van der Waals surface area (Å²) in [6.07, 6.45) is 2.22. The van der Waals surface area contributed by atoms with Gasteiger partial charge in [0.1, 0.15) is 5.75 Å². The van der Waals surface area contributed by atoms with Crippen LogP contribution in [0.1, 0.15) is 30.4 Å². The minimum absolute atomic E-state index is 0. The summed E-state index contributed by atoms with van der Waals surface area (Å²) in [5.74, 6) is 0.979. The van der Waals surface area contributed by atoms with Crippen LogP contribution in [0.4, 0.5) is 0 Å². The molecule has 4 nitrogen and oxygen atoms in total. The fourth-order valence-electron chi connectivity index (χ4n) is 1.81. The molecule has 120 valence electrons. The molecule has 0 bridgehead atoms. The number of carbonyl (C=O) groups excluding carboxylic acids is 1. The Labute approximate surface area is 134 Å². The zero-order valence-electron chi connectivity index (χ0n) is 13.2. The van der Waals surface area contributed by atoms with Gasteiger partial charge in [-0.1, -0.05) is 6.07 Å². The van der Waals surface area contributed by atoms with Gasteiger partial charge in [-0.3, -0.25) is 4.79 Å². The van der Waals surface area contributed by atoms with Crippen molar-refractivity contribution >= 4 is 18.3 Å². The highest BCUT2D eigenvalue weighted by Crippen LogP contribution is 2.16. The summed E-state index contributed by atoms with van der Waals surface area (Å²) in [5, 5.41) is 5.95. The number of hydrogen-bond acceptors (Lipinski definition) is 3. The second kappa shape index (κ2) is 11.4. The fraction of sp³-hybridized carbons (Fsp3) is 0.562. The summed E-state index contributed by atoms with van der Waals surface area (Å²) in [4.78, 5) is 11.5. The molecule has 0 aromatic heterocycles. The van der Waals surface area contributed by atoms with Crippen LogP contribution in [0.5, 0.6) is 5.75 Å². The number of hydrogen-bond donors (Lipinski definition) is 2. The largest absolute Gasteiger partial charge is 0.494 e. The number of ether oxygens (including phenoxy) is 1. The molecule has 0 saturated heterocycles. The van der Waals surface area contributed by atoms with Crippen LogP contribution < -0.4 is 15.4 Å². The maximum Gasteiger partial charge on any atom is 0.220 e. The number of benzene rings is 1. The van der Waals surface area contributed by atoms with Gasteiger partial charge in [-0.15, -0.1) is 12.4 Å². The SMILES string of the molecule is CNCCCNC(=O)CCCOc1ccc(C)c(C)c1.Cl. The molecule has 0 aliphatic heterocycles. The number of carbonyl (C=O) groups is 1. The van der Waals surface area contributed by atoms with E-state index in [0.29, 0.717) is 13.0 Å². The van der Waals surface area contributed by atoms with Crippen LogP contribution >= 0.6 is 12.4 Å². The van der Waals surface area contributed by atoms with E-state index in [1.807, 2.05) is 19.2 Å². The molecule has 0 aliphatic rings. The molecule has 1 amide bonds. The average Bonchev–Trinajstić information content (AvgIpc) is 2.43. The molecule has 1 aromatic carbocycles. The molecule has 0 heterocycles. The van der Waals surface area contributed by atoms with E-state index in [1.54, 1.807) is 0 Å². The van der Waals surface area contributed by atoms with E-state index < -0.39 is 0 Å². The van der Waals surface area contributed by atoms with Crippen LogP contribution in [0.15, 0.2) is 18.2 Å².